The van der Waals surface area contributed by atoms with Crippen molar-refractivity contribution in [2.24, 2.45) is 5.92 Å². The number of hydrogen-bond donors (Lipinski definition) is 2. The second-order valence-electron chi connectivity index (χ2n) is 3.94. The molecule has 0 saturated heterocycles. The zero-order chi connectivity index (χ0) is 12.1. The molecule has 6 heteroatoms. The smallest absolute Gasteiger partial charge is 0.327 e. The minimum absolute atomic E-state index is 0.198. The quantitative estimate of drug-likeness (QED) is 0.798. The minimum Gasteiger partial charge on any atom is -0.480 e. The van der Waals surface area contributed by atoms with E-state index in [1.807, 2.05) is 13.8 Å². The van der Waals surface area contributed by atoms with Gasteiger partial charge in [-0.2, -0.15) is 0 Å². The largest absolute Gasteiger partial charge is 0.480 e. The Labute approximate surface area is 93.3 Å². The van der Waals surface area contributed by atoms with Crippen molar-refractivity contribution in [3.8, 4) is 0 Å². The number of imidazole rings is 1. The Morgan fingerprint density at radius 1 is 1.50 bits per heavy atom. The molecule has 88 valence electrons. The topological polar surface area (TPSA) is 84.2 Å². The summed E-state index contributed by atoms with van der Waals surface area (Å²) in [5.41, 5.74) is 0. The molecule has 0 spiro atoms. The first-order chi connectivity index (χ1) is 7.50. The van der Waals surface area contributed by atoms with Gasteiger partial charge in [-0.3, -0.25) is 4.57 Å². The fraction of sp³-hybridized carbons (Fsp3) is 0.500. The highest BCUT2D eigenvalue weighted by atomic mass is 16.4. The molecule has 6 nitrogen and oxygen atoms in total. The molecule has 0 aliphatic rings. The molecule has 1 amide bonds. The van der Waals surface area contributed by atoms with E-state index < -0.39 is 18.0 Å². The van der Waals surface area contributed by atoms with E-state index in [-0.39, 0.29) is 5.92 Å². The maximum Gasteiger partial charge on any atom is 0.327 e. The summed E-state index contributed by atoms with van der Waals surface area (Å²) in [6.45, 7) is 3.80. The third-order valence-electron chi connectivity index (χ3n) is 2.04. The minimum atomic E-state index is -1.03. The van der Waals surface area contributed by atoms with Crippen LogP contribution in [0.2, 0.25) is 0 Å². The summed E-state index contributed by atoms with van der Waals surface area (Å²) in [7, 11) is 0. The summed E-state index contributed by atoms with van der Waals surface area (Å²) in [4.78, 5) is 26.2. The Morgan fingerprint density at radius 2 is 2.19 bits per heavy atom. The van der Waals surface area contributed by atoms with E-state index in [9.17, 15) is 9.59 Å². The number of aromatic nitrogens is 2. The highest BCUT2D eigenvalue weighted by molar-refractivity contribution is 5.83. The second-order valence-corrected chi connectivity index (χ2v) is 3.94. The lowest BCUT2D eigenvalue weighted by atomic mass is 10.0. The molecule has 2 N–H and O–H groups in total. The van der Waals surface area contributed by atoms with Crippen LogP contribution >= 0.6 is 0 Å². The summed E-state index contributed by atoms with van der Waals surface area (Å²) in [6.07, 6.45) is 4.64. The Bertz CT molecular complexity index is 359. The summed E-state index contributed by atoms with van der Waals surface area (Å²) in [6, 6.07) is -1.35. The van der Waals surface area contributed by atoms with Gasteiger partial charge in [-0.05, 0) is 12.3 Å². The first kappa shape index (κ1) is 12.2. The number of aliphatic carboxylic acids is 1. The fourth-order valence-corrected chi connectivity index (χ4v) is 1.30. The molecule has 1 aromatic heterocycles. The Hall–Kier alpha value is -1.85. The molecule has 0 aromatic carbocycles. The van der Waals surface area contributed by atoms with Gasteiger partial charge in [-0.15, -0.1) is 0 Å². The standard InChI is InChI=1S/C10H15N3O3/c1-7(2)5-8(9(14)15)12-10(16)13-4-3-11-6-13/h3-4,6-8H,5H2,1-2H3,(H,12,16)(H,14,15). The van der Waals surface area contributed by atoms with Crippen molar-refractivity contribution in [2.45, 2.75) is 26.3 Å². The normalized spacial score (nSPS) is 12.4. The molecule has 1 atom stereocenters. The van der Waals surface area contributed by atoms with Gasteiger partial charge in [0.15, 0.2) is 0 Å². The van der Waals surface area contributed by atoms with Gasteiger partial charge in [0.2, 0.25) is 0 Å². The summed E-state index contributed by atoms with van der Waals surface area (Å²) >= 11 is 0. The highest BCUT2D eigenvalue weighted by Gasteiger charge is 2.21. The number of amides is 1. The molecule has 0 bridgehead atoms. The van der Waals surface area contributed by atoms with Crippen LogP contribution in [0.4, 0.5) is 4.79 Å². The van der Waals surface area contributed by atoms with Gasteiger partial charge in [0.1, 0.15) is 12.4 Å². The van der Waals surface area contributed by atoms with Gasteiger partial charge >= 0.3 is 12.0 Å². The Morgan fingerprint density at radius 3 is 2.62 bits per heavy atom. The molecule has 0 saturated carbocycles. The van der Waals surface area contributed by atoms with Crippen molar-refractivity contribution >= 4 is 12.0 Å². The Balaban J connectivity index is 2.62. The van der Waals surface area contributed by atoms with E-state index in [2.05, 4.69) is 10.3 Å². The summed E-state index contributed by atoms with van der Waals surface area (Å²) in [5.74, 6) is -0.827. The number of nitrogens with zero attached hydrogens (tertiary/aromatic N) is 2. The maximum absolute atomic E-state index is 11.6. The van der Waals surface area contributed by atoms with Crippen LogP contribution in [0.15, 0.2) is 18.7 Å². The molecular formula is C10H15N3O3. The zero-order valence-electron chi connectivity index (χ0n) is 9.25. The Kier molecular flexibility index (Phi) is 4.04. The first-order valence-electron chi connectivity index (χ1n) is 5.02. The van der Waals surface area contributed by atoms with E-state index in [0.717, 1.165) is 0 Å². The maximum atomic E-state index is 11.6. The van der Waals surface area contributed by atoms with Crippen LogP contribution in [0.3, 0.4) is 0 Å². The number of rotatable bonds is 4. The van der Waals surface area contributed by atoms with Gasteiger partial charge in [0.25, 0.3) is 0 Å². The lowest BCUT2D eigenvalue weighted by Gasteiger charge is -2.16. The fourth-order valence-electron chi connectivity index (χ4n) is 1.30. The zero-order valence-corrected chi connectivity index (χ0v) is 9.25. The van der Waals surface area contributed by atoms with Gasteiger partial charge in [0, 0.05) is 12.4 Å². The third kappa shape index (κ3) is 3.38. The molecule has 0 aliphatic carbocycles. The summed E-state index contributed by atoms with van der Waals surface area (Å²) < 4.78 is 1.20. The predicted octanol–water partition coefficient (Wildman–Crippen LogP) is 0.940. The molecule has 0 radical (unpaired) electrons. The molecular weight excluding hydrogens is 210 g/mol. The van der Waals surface area contributed by atoms with Crippen molar-refractivity contribution in [2.75, 3.05) is 0 Å². The molecule has 1 unspecified atom stereocenters. The van der Waals surface area contributed by atoms with E-state index in [0.29, 0.717) is 6.42 Å². The summed E-state index contributed by atoms with van der Waals surface area (Å²) in [5, 5.41) is 11.4. The van der Waals surface area contributed by atoms with Gasteiger partial charge in [-0.25, -0.2) is 14.6 Å². The number of nitrogens with one attached hydrogen (secondary N) is 1. The second kappa shape index (κ2) is 5.29. The van der Waals surface area contributed by atoms with Crippen LogP contribution in [0.1, 0.15) is 20.3 Å². The molecule has 16 heavy (non-hydrogen) atoms. The van der Waals surface area contributed by atoms with Crippen LogP contribution in [0.5, 0.6) is 0 Å². The molecule has 1 rings (SSSR count). The van der Waals surface area contributed by atoms with Crippen molar-refractivity contribution in [1.82, 2.24) is 14.9 Å². The molecule has 0 aliphatic heterocycles. The van der Waals surface area contributed by atoms with Crippen LogP contribution < -0.4 is 5.32 Å². The lowest BCUT2D eigenvalue weighted by molar-refractivity contribution is -0.139. The predicted molar refractivity (Wildman–Crippen MR) is 57.0 cm³/mol. The van der Waals surface area contributed by atoms with Crippen molar-refractivity contribution in [3.05, 3.63) is 18.7 Å². The first-order valence-corrected chi connectivity index (χ1v) is 5.02. The van der Waals surface area contributed by atoms with Gasteiger partial charge in [0.05, 0.1) is 0 Å². The molecule has 1 heterocycles. The van der Waals surface area contributed by atoms with Crippen molar-refractivity contribution < 1.29 is 14.7 Å². The van der Waals surface area contributed by atoms with Crippen LogP contribution in [0, 0.1) is 5.92 Å². The van der Waals surface area contributed by atoms with Crippen LogP contribution in [-0.4, -0.2) is 32.7 Å². The van der Waals surface area contributed by atoms with E-state index >= 15 is 0 Å². The van der Waals surface area contributed by atoms with Gasteiger partial charge in [-0.1, -0.05) is 13.8 Å². The third-order valence-corrected chi connectivity index (χ3v) is 2.04. The average molecular weight is 225 g/mol. The molecule has 1 aromatic rings. The average Bonchev–Trinajstić information content (AvgIpc) is 2.68. The number of carbonyl (C=O) groups excluding carboxylic acids is 1. The van der Waals surface area contributed by atoms with Crippen molar-refractivity contribution in [3.63, 3.8) is 0 Å². The van der Waals surface area contributed by atoms with Crippen LogP contribution in [-0.2, 0) is 4.79 Å². The highest BCUT2D eigenvalue weighted by Crippen LogP contribution is 2.05. The van der Waals surface area contributed by atoms with E-state index in [1.54, 1.807) is 0 Å². The number of carboxylic acid groups (broad SMARTS) is 1. The van der Waals surface area contributed by atoms with E-state index in [1.165, 1.54) is 23.3 Å². The number of carbonyl (C=O) groups is 2. The SMILES string of the molecule is CC(C)CC(NC(=O)n1ccnc1)C(=O)O. The molecule has 0 fully saturated rings. The monoisotopic (exact) mass is 225 g/mol. The van der Waals surface area contributed by atoms with Crippen molar-refractivity contribution in [1.29, 1.82) is 0 Å². The van der Waals surface area contributed by atoms with Crippen LogP contribution in [0.25, 0.3) is 0 Å². The van der Waals surface area contributed by atoms with E-state index in [4.69, 9.17) is 5.11 Å². The number of hydrogen-bond acceptors (Lipinski definition) is 3. The number of carboxylic acids is 1. The lowest BCUT2D eigenvalue weighted by Crippen LogP contribution is -2.43. The van der Waals surface area contributed by atoms with Gasteiger partial charge < -0.3 is 10.4 Å².